The predicted octanol–water partition coefficient (Wildman–Crippen LogP) is -0.354. The second-order valence-corrected chi connectivity index (χ2v) is 3.37. The van der Waals surface area contributed by atoms with E-state index in [-0.39, 0.29) is 12.0 Å². The van der Waals surface area contributed by atoms with Crippen molar-refractivity contribution in [1.82, 2.24) is 15.6 Å². The number of aromatic nitrogens is 1. The van der Waals surface area contributed by atoms with E-state index in [9.17, 15) is 9.59 Å². The number of hydrogen-bond acceptors (Lipinski definition) is 5. The fourth-order valence-corrected chi connectivity index (χ4v) is 1.24. The number of aliphatic imine (C=N–C) groups is 1. The van der Waals surface area contributed by atoms with Crippen molar-refractivity contribution in [3.63, 3.8) is 0 Å². The number of carbonyl (C=O) groups is 2. The van der Waals surface area contributed by atoms with Gasteiger partial charge in [-0.05, 0) is 13.8 Å². The van der Waals surface area contributed by atoms with Crippen LogP contribution < -0.4 is 10.6 Å². The standard InChI is InChI=1S/C9H10N4O3/c1-4-3-10-8(16-4)5(2)11-9-12-6(14)7(15)13-9/h3,5H,1-2H3,(H2,11,12,13,14,15). The van der Waals surface area contributed by atoms with E-state index >= 15 is 0 Å². The third-order valence-electron chi connectivity index (χ3n) is 1.99. The number of guanidine groups is 1. The highest BCUT2D eigenvalue weighted by Gasteiger charge is 2.26. The number of carbonyl (C=O) groups excluding carboxylic acids is 2. The molecule has 0 bridgehead atoms. The van der Waals surface area contributed by atoms with Crippen LogP contribution in [0.1, 0.15) is 24.6 Å². The molecular weight excluding hydrogens is 212 g/mol. The molecule has 1 saturated heterocycles. The minimum Gasteiger partial charge on any atom is -0.444 e. The number of oxazole rings is 1. The largest absolute Gasteiger partial charge is 0.444 e. The fraction of sp³-hybridized carbons (Fsp3) is 0.333. The molecule has 0 radical (unpaired) electrons. The molecule has 1 unspecified atom stereocenters. The van der Waals surface area contributed by atoms with Gasteiger partial charge < -0.3 is 4.42 Å². The van der Waals surface area contributed by atoms with Gasteiger partial charge in [-0.2, -0.15) is 0 Å². The van der Waals surface area contributed by atoms with Gasteiger partial charge in [0.15, 0.2) is 0 Å². The Hall–Kier alpha value is -2.18. The van der Waals surface area contributed by atoms with Crippen molar-refractivity contribution < 1.29 is 14.0 Å². The Morgan fingerprint density at radius 2 is 2.00 bits per heavy atom. The van der Waals surface area contributed by atoms with Crippen molar-refractivity contribution in [2.75, 3.05) is 0 Å². The lowest BCUT2D eigenvalue weighted by atomic mass is 10.3. The van der Waals surface area contributed by atoms with Crippen molar-refractivity contribution in [2.45, 2.75) is 19.9 Å². The molecule has 1 aromatic rings. The van der Waals surface area contributed by atoms with Crippen LogP contribution in [0.3, 0.4) is 0 Å². The van der Waals surface area contributed by atoms with Gasteiger partial charge in [-0.1, -0.05) is 0 Å². The first-order valence-corrected chi connectivity index (χ1v) is 4.68. The summed E-state index contributed by atoms with van der Waals surface area (Å²) in [6.45, 7) is 3.52. The molecule has 1 atom stereocenters. The molecule has 84 valence electrons. The van der Waals surface area contributed by atoms with Crippen LogP contribution in [0.15, 0.2) is 15.6 Å². The summed E-state index contributed by atoms with van der Waals surface area (Å²) in [5.41, 5.74) is 0. The van der Waals surface area contributed by atoms with Gasteiger partial charge in [0.2, 0.25) is 11.9 Å². The number of amides is 2. The van der Waals surface area contributed by atoms with E-state index in [1.165, 1.54) is 0 Å². The van der Waals surface area contributed by atoms with Gasteiger partial charge in [-0.3, -0.25) is 20.2 Å². The molecule has 0 saturated carbocycles. The van der Waals surface area contributed by atoms with Crippen molar-refractivity contribution in [3.8, 4) is 0 Å². The molecule has 1 aliphatic rings. The maximum atomic E-state index is 10.9. The average Bonchev–Trinajstić information content (AvgIpc) is 2.75. The zero-order valence-electron chi connectivity index (χ0n) is 8.77. The van der Waals surface area contributed by atoms with E-state index in [0.29, 0.717) is 11.7 Å². The lowest BCUT2D eigenvalue weighted by Crippen LogP contribution is -2.26. The molecule has 0 spiro atoms. The number of rotatable bonds is 2. The summed E-state index contributed by atoms with van der Waals surface area (Å²) in [7, 11) is 0. The Morgan fingerprint density at radius 3 is 2.50 bits per heavy atom. The van der Waals surface area contributed by atoms with E-state index in [1.54, 1.807) is 20.0 Å². The van der Waals surface area contributed by atoms with Crippen LogP contribution >= 0.6 is 0 Å². The third kappa shape index (κ3) is 1.92. The Labute approximate surface area is 90.9 Å². The summed E-state index contributed by atoms with van der Waals surface area (Å²) in [6, 6.07) is -0.373. The van der Waals surface area contributed by atoms with Crippen molar-refractivity contribution >= 4 is 17.8 Å². The van der Waals surface area contributed by atoms with Gasteiger partial charge in [0, 0.05) is 0 Å². The van der Waals surface area contributed by atoms with Gasteiger partial charge in [0.1, 0.15) is 11.8 Å². The average molecular weight is 222 g/mol. The molecule has 0 aliphatic carbocycles. The molecule has 2 rings (SSSR count). The lowest BCUT2D eigenvalue weighted by Gasteiger charge is -2.02. The number of hydrogen-bond donors (Lipinski definition) is 2. The van der Waals surface area contributed by atoms with E-state index in [4.69, 9.17) is 4.42 Å². The van der Waals surface area contributed by atoms with Gasteiger partial charge >= 0.3 is 11.8 Å². The Kier molecular flexibility index (Phi) is 2.43. The SMILES string of the molecule is Cc1cnc(C(C)N=C2NC(=O)C(=O)N2)o1. The van der Waals surface area contributed by atoms with Crippen molar-refractivity contribution in [2.24, 2.45) is 4.99 Å². The molecule has 7 heteroatoms. The molecule has 16 heavy (non-hydrogen) atoms. The first-order valence-electron chi connectivity index (χ1n) is 4.68. The summed E-state index contributed by atoms with van der Waals surface area (Å²) in [4.78, 5) is 29.8. The minimum absolute atomic E-state index is 0.123. The zero-order chi connectivity index (χ0) is 11.7. The van der Waals surface area contributed by atoms with E-state index in [2.05, 4.69) is 20.6 Å². The summed E-state index contributed by atoms with van der Waals surface area (Å²) < 4.78 is 5.27. The molecule has 7 nitrogen and oxygen atoms in total. The first kappa shape index (κ1) is 10.3. The van der Waals surface area contributed by atoms with Crippen molar-refractivity contribution in [1.29, 1.82) is 0 Å². The molecule has 0 aromatic carbocycles. The molecule has 1 aromatic heterocycles. The zero-order valence-corrected chi connectivity index (χ0v) is 8.77. The second kappa shape index (κ2) is 3.76. The highest BCUT2D eigenvalue weighted by molar-refractivity contribution is 6.45. The lowest BCUT2D eigenvalue weighted by molar-refractivity contribution is -0.135. The smallest absolute Gasteiger partial charge is 0.316 e. The van der Waals surface area contributed by atoms with E-state index in [1.807, 2.05) is 0 Å². The van der Waals surface area contributed by atoms with Crippen molar-refractivity contribution in [3.05, 3.63) is 17.8 Å². The van der Waals surface area contributed by atoms with Gasteiger partial charge in [0.05, 0.1) is 6.20 Å². The summed E-state index contributed by atoms with van der Waals surface area (Å²) in [6.07, 6.45) is 1.58. The van der Waals surface area contributed by atoms with Crippen LogP contribution in [0.5, 0.6) is 0 Å². The highest BCUT2D eigenvalue weighted by Crippen LogP contribution is 2.15. The summed E-state index contributed by atoms with van der Waals surface area (Å²) >= 11 is 0. The number of nitrogens with zero attached hydrogens (tertiary/aromatic N) is 2. The molecule has 1 fully saturated rings. The molecule has 2 heterocycles. The van der Waals surface area contributed by atoms with Crippen LogP contribution in [0.25, 0.3) is 0 Å². The monoisotopic (exact) mass is 222 g/mol. The van der Waals surface area contributed by atoms with E-state index < -0.39 is 11.8 Å². The number of nitrogens with one attached hydrogen (secondary N) is 2. The maximum absolute atomic E-state index is 10.9. The quantitative estimate of drug-likeness (QED) is 0.668. The van der Waals surface area contributed by atoms with Crippen LogP contribution in [-0.2, 0) is 9.59 Å². The predicted molar refractivity (Wildman–Crippen MR) is 53.4 cm³/mol. The minimum atomic E-state index is -0.713. The van der Waals surface area contributed by atoms with Gasteiger partial charge in [0.25, 0.3) is 0 Å². The third-order valence-corrected chi connectivity index (χ3v) is 1.99. The highest BCUT2D eigenvalue weighted by atomic mass is 16.4. The van der Waals surface area contributed by atoms with E-state index in [0.717, 1.165) is 0 Å². The fourth-order valence-electron chi connectivity index (χ4n) is 1.24. The normalized spacial score (nSPS) is 17.0. The maximum Gasteiger partial charge on any atom is 0.316 e. The summed E-state index contributed by atoms with van der Waals surface area (Å²) in [5.74, 6) is -0.190. The molecule has 2 N–H and O–H groups in total. The van der Waals surface area contributed by atoms with Gasteiger partial charge in [-0.15, -0.1) is 0 Å². The van der Waals surface area contributed by atoms with Crippen LogP contribution in [0.2, 0.25) is 0 Å². The van der Waals surface area contributed by atoms with Crippen LogP contribution in [0.4, 0.5) is 0 Å². The molecule has 2 amide bonds. The number of aryl methyl sites for hydroxylation is 1. The van der Waals surface area contributed by atoms with Crippen LogP contribution in [-0.4, -0.2) is 22.8 Å². The molecular formula is C9H10N4O3. The molecule has 1 aliphatic heterocycles. The van der Waals surface area contributed by atoms with Gasteiger partial charge in [-0.25, -0.2) is 9.98 Å². The second-order valence-electron chi connectivity index (χ2n) is 3.37. The Balaban J connectivity index is 2.13. The first-order chi connectivity index (χ1) is 7.56. The van der Waals surface area contributed by atoms with Crippen LogP contribution in [0, 0.1) is 6.92 Å². The Morgan fingerprint density at radius 1 is 1.38 bits per heavy atom. The topological polar surface area (TPSA) is 96.6 Å². The summed E-state index contributed by atoms with van der Waals surface area (Å²) in [5, 5.41) is 4.58. The Bertz CT molecular complexity index is 459.